The zero-order valence-electron chi connectivity index (χ0n) is 53.1. The van der Waals surface area contributed by atoms with Crippen molar-refractivity contribution >= 4 is 39.5 Å². The van der Waals surface area contributed by atoms with Crippen molar-refractivity contribution in [1.29, 1.82) is 0 Å². The van der Waals surface area contributed by atoms with E-state index in [1.807, 2.05) is 0 Å². The summed E-state index contributed by atoms with van der Waals surface area (Å²) < 4.78 is 67.9. The fraction of sp³-hybridized carbons (Fsp3) is 0.937. The minimum atomic E-state index is -4.94. The van der Waals surface area contributed by atoms with Crippen molar-refractivity contribution in [3.63, 3.8) is 0 Å². The van der Waals surface area contributed by atoms with Crippen LogP contribution in [0.3, 0.4) is 0 Å². The molecular formula is C63H122O17P2. The van der Waals surface area contributed by atoms with Crippen LogP contribution in [0.1, 0.15) is 299 Å². The normalized spacial score (nSPS) is 15.8. The third kappa shape index (κ3) is 52.4. The first-order chi connectivity index (χ1) is 39.2. The number of rotatable bonds is 60. The van der Waals surface area contributed by atoms with Gasteiger partial charge < -0.3 is 33.8 Å². The molecule has 6 unspecified atom stereocenters. The Bertz CT molecular complexity index is 1650. The number of esters is 4. The van der Waals surface area contributed by atoms with Gasteiger partial charge in [-0.3, -0.25) is 37.3 Å². The number of carbonyl (C=O) groups excluding carboxylic acids is 4. The van der Waals surface area contributed by atoms with Gasteiger partial charge in [0.1, 0.15) is 19.3 Å². The van der Waals surface area contributed by atoms with Crippen LogP contribution in [0.15, 0.2) is 0 Å². The van der Waals surface area contributed by atoms with Gasteiger partial charge in [0.15, 0.2) is 12.2 Å². The first-order valence-electron chi connectivity index (χ1n) is 32.9. The SMILES string of the molecule is CCC(C)CCCCCCCCCCC(=O)O[C@H](COC(=O)CCCCCCCCC(C)CC)COP(=O)(O)OC[C@@H](O)COP(=O)(O)OC[C@@H](COC(=O)CCCCCCCCC(C)CC)OC(=O)CCCCCCCCC(C)CC. The minimum Gasteiger partial charge on any atom is -0.462 e. The van der Waals surface area contributed by atoms with Crippen LogP contribution < -0.4 is 0 Å². The van der Waals surface area contributed by atoms with Crippen molar-refractivity contribution in [2.75, 3.05) is 39.6 Å². The molecule has 3 N–H and O–H groups in total. The third-order valence-corrected chi connectivity index (χ3v) is 17.7. The molecule has 0 aromatic heterocycles. The number of hydrogen-bond acceptors (Lipinski definition) is 15. The summed E-state index contributed by atoms with van der Waals surface area (Å²) in [5.74, 6) is 0.806. The van der Waals surface area contributed by atoms with E-state index in [2.05, 4.69) is 55.4 Å². The number of aliphatic hydroxyl groups excluding tert-OH is 1. The van der Waals surface area contributed by atoms with E-state index < -0.39 is 97.5 Å². The molecule has 0 aromatic rings. The van der Waals surface area contributed by atoms with Gasteiger partial charge in [0.2, 0.25) is 0 Å². The number of phosphoric acid groups is 2. The maximum Gasteiger partial charge on any atom is 0.472 e. The lowest BCUT2D eigenvalue weighted by Gasteiger charge is -2.21. The number of unbranched alkanes of at least 4 members (excludes halogenated alkanes) is 22. The molecule has 0 rings (SSSR count). The van der Waals surface area contributed by atoms with Crippen LogP contribution in [0, 0.1) is 23.7 Å². The van der Waals surface area contributed by atoms with Crippen LogP contribution in [0.5, 0.6) is 0 Å². The summed E-state index contributed by atoms with van der Waals surface area (Å²) in [6.45, 7) is 13.9. The van der Waals surface area contributed by atoms with E-state index in [1.165, 1.54) is 89.9 Å². The fourth-order valence-electron chi connectivity index (χ4n) is 9.12. The predicted octanol–water partition coefficient (Wildman–Crippen LogP) is 17.0. The topological polar surface area (TPSA) is 237 Å². The lowest BCUT2D eigenvalue weighted by molar-refractivity contribution is -0.161. The van der Waals surface area contributed by atoms with Gasteiger partial charge in [-0.15, -0.1) is 0 Å². The van der Waals surface area contributed by atoms with Crippen molar-refractivity contribution in [2.45, 2.75) is 318 Å². The molecule has 0 spiro atoms. The highest BCUT2D eigenvalue weighted by molar-refractivity contribution is 7.47. The molecule has 0 aliphatic carbocycles. The van der Waals surface area contributed by atoms with Gasteiger partial charge in [0, 0.05) is 25.7 Å². The maximum atomic E-state index is 13.0. The number of ether oxygens (including phenoxy) is 4. The molecule has 0 aromatic carbocycles. The van der Waals surface area contributed by atoms with Gasteiger partial charge in [-0.25, -0.2) is 9.13 Å². The van der Waals surface area contributed by atoms with Gasteiger partial charge in [-0.2, -0.15) is 0 Å². The largest absolute Gasteiger partial charge is 0.472 e. The van der Waals surface area contributed by atoms with E-state index in [0.29, 0.717) is 25.7 Å². The summed E-state index contributed by atoms with van der Waals surface area (Å²) >= 11 is 0. The highest BCUT2D eigenvalue weighted by Crippen LogP contribution is 2.45. The van der Waals surface area contributed by atoms with Crippen LogP contribution in [0.25, 0.3) is 0 Å². The molecule has 0 fully saturated rings. The molecule has 19 heteroatoms. The second-order valence-corrected chi connectivity index (χ2v) is 26.7. The summed E-state index contributed by atoms with van der Waals surface area (Å²) in [6, 6.07) is 0. The molecule has 0 aliphatic heterocycles. The van der Waals surface area contributed by atoms with E-state index in [9.17, 15) is 43.2 Å². The Hall–Kier alpha value is -1.94. The molecule has 0 amide bonds. The number of carbonyl (C=O) groups is 4. The zero-order valence-corrected chi connectivity index (χ0v) is 54.9. The van der Waals surface area contributed by atoms with Crippen LogP contribution in [-0.4, -0.2) is 96.7 Å². The molecule has 486 valence electrons. The van der Waals surface area contributed by atoms with E-state index in [4.69, 9.17) is 37.0 Å². The Morgan fingerprint density at radius 3 is 0.805 bits per heavy atom. The van der Waals surface area contributed by atoms with Crippen LogP contribution in [-0.2, 0) is 65.4 Å². The highest BCUT2D eigenvalue weighted by Gasteiger charge is 2.30. The Kier molecular flexibility index (Phi) is 52.0. The molecule has 82 heavy (non-hydrogen) atoms. The molecule has 0 bridgehead atoms. The average Bonchev–Trinajstić information content (AvgIpc) is 3.47. The third-order valence-electron chi connectivity index (χ3n) is 15.8. The standard InChI is InChI=1S/C63H122O17P2/c1-9-53(5)39-31-23-15-13-14-16-29-37-45-62(67)79-58(49-73-60(65)43-35-27-20-17-24-32-40-54(6)10-2)51-77-81(69,70)75-47-57(64)48-76-82(71,72)78-52-59(80-63(68)46-38-30-22-19-26-34-42-56(8)12-4)50-74-61(66)44-36-28-21-18-25-33-41-55(7)11-3/h53-59,64H,9-52H2,1-8H3,(H,69,70)(H,71,72)/t53?,54?,55?,56?,57-,58-,59-/m1/s1. The summed E-state index contributed by atoms with van der Waals surface area (Å²) in [7, 11) is -9.89. The molecule has 0 saturated carbocycles. The van der Waals surface area contributed by atoms with Gasteiger partial charge in [0.25, 0.3) is 0 Å². The Morgan fingerprint density at radius 2 is 0.549 bits per heavy atom. The zero-order chi connectivity index (χ0) is 61.1. The molecule has 0 aliphatic rings. The monoisotopic (exact) mass is 1210 g/mol. The number of aliphatic hydroxyl groups is 1. The predicted molar refractivity (Wildman–Crippen MR) is 326 cm³/mol. The van der Waals surface area contributed by atoms with Gasteiger partial charge in [0.05, 0.1) is 26.4 Å². The minimum absolute atomic E-state index is 0.101. The quantitative estimate of drug-likeness (QED) is 0.0222. The van der Waals surface area contributed by atoms with Crippen molar-refractivity contribution in [1.82, 2.24) is 0 Å². The second kappa shape index (κ2) is 53.3. The van der Waals surface area contributed by atoms with E-state index in [-0.39, 0.29) is 25.7 Å². The van der Waals surface area contributed by atoms with E-state index >= 15 is 0 Å². The van der Waals surface area contributed by atoms with Crippen molar-refractivity contribution < 1.29 is 80.2 Å². The molecule has 17 nitrogen and oxygen atoms in total. The van der Waals surface area contributed by atoms with Gasteiger partial charge in [-0.05, 0) is 49.4 Å². The van der Waals surface area contributed by atoms with Crippen molar-refractivity contribution in [3.05, 3.63) is 0 Å². The summed E-state index contributed by atoms with van der Waals surface area (Å²) in [4.78, 5) is 72.2. The maximum absolute atomic E-state index is 13.0. The van der Waals surface area contributed by atoms with Crippen LogP contribution in [0.2, 0.25) is 0 Å². The Labute approximate surface area is 498 Å². The first kappa shape index (κ1) is 80.1. The highest BCUT2D eigenvalue weighted by atomic mass is 31.2. The Morgan fingerprint density at radius 1 is 0.329 bits per heavy atom. The lowest BCUT2D eigenvalue weighted by Crippen LogP contribution is -2.30. The second-order valence-electron chi connectivity index (χ2n) is 23.8. The summed E-state index contributed by atoms with van der Waals surface area (Å²) in [5.41, 5.74) is 0. The van der Waals surface area contributed by atoms with Crippen molar-refractivity contribution in [2.24, 2.45) is 23.7 Å². The molecule has 0 heterocycles. The summed E-state index contributed by atoms with van der Waals surface area (Å²) in [5, 5.41) is 10.5. The molecule has 0 radical (unpaired) electrons. The molecular weight excluding hydrogens is 1090 g/mol. The first-order valence-corrected chi connectivity index (χ1v) is 35.8. The average molecular weight is 1210 g/mol. The fourth-order valence-corrected chi connectivity index (χ4v) is 10.7. The summed E-state index contributed by atoms with van der Waals surface area (Å²) in [6.07, 6.45) is 32.1. The number of hydrogen-bond donors (Lipinski definition) is 3. The van der Waals surface area contributed by atoms with Crippen molar-refractivity contribution in [3.8, 4) is 0 Å². The number of phosphoric ester groups is 2. The van der Waals surface area contributed by atoms with Crippen LogP contribution in [0.4, 0.5) is 0 Å². The van der Waals surface area contributed by atoms with E-state index in [1.54, 1.807) is 0 Å². The Balaban J connectivity index is 5.28. The molecule has 9 atom stereocenters. The smallest absolute Gasteiger partial charge is 0.462 e. The van der Waals surface area contributed by atoms with E-state index in [0.717, 1.165) is 126 Å². The van der Waals surface area contributed by atoms with Crippen LogP contribution >= 0.6 is 15.6 Å². The molecule has 0 saturated heterocycles. The van der Waals surface area contributed by atoms with Gasteiger partial charge >= 0.3 is 39.5 Å². The van der Waals surface area contributed by atoms with Gasteiger partial charge in [-0.1, -0.05) is 248 Å². The lowest BCUT2D eigenvalue weighted by atomic mass is 9.99.